The molecule has 0 N–H and O–H groups in total. The van der Waals surface area contributed by atoms with Gasteiger partial charge in [0.15, 0.2) is 0 Å². The van der Waals surface area contributed by atoms with Gasteiger partial charge in [0.25, 0.3) is 5.91 Å². The quantitative estimate of drug-likeness (QED) is 0.781. The zero-order chi connectivity index (χ0) is 12.1. The Hall–Kier alpha value is -0.610. The molecule has 0 aliphatic heterocycles. The van der Waals surface area contributed by atoms with Crippen molar-refractivity contribution in [3.05, 3.63) is 34.6 Å². The molecular formula is C11H12BrClFNO. The van der Waals surface area contributed by atoms with Crippen LogP contribution in [0.25, 0.3) is 0 Å². The molecule has 1 aromatic carbocycles. The van der Waals surface area contributed by atoms with Crippen molar-refractivity contribution in [2.24, 2.45) is 0 Å². The highest BCUT2D eigenvalue weighted by Crippen LogP contribution is 2.19. The van der Waals surface area contributed by atoms with Crippen molar-refractivity contribution in [3.8, 4) is 0 Å². The van der Waals surface area contributed by atoms with Crippen molar-refractivity contribution in [2.75, 3.05) is 18.4 Å². The first-order chi connectivity index (χ1) is 7.60. The van der Waals surface area contributed by atoms with E-state index in [0.29, 0.717) is 24.0 Å². The SMILES string of the molecule is CCN(CCBr)C(=O)c1ccc(F)cc1Cl. The maximum atomic E-state index is 12.8. The molecule has 0 spiro atoms. The number of carbonyl (C=O) groups is 1. The number of halogens is 3. The third-order valence-electron chi connectivity index (χ3n) is 2.18. The van der Waals surface area contributed by atoms with Crippen LogP contribution in [0, 0.1) is 5.82 Å². The zero-order valence-electron chi connectivity index (χ0n) is 8.84. The maximum Gasteiger partial charge on any atom is 0.255 e. The van der Waals surface area contributed by atoms with Crippen molar-refractivity contribution in [1.82, 2.24) is 4.90 Å². The van der Waals surface area contributed by atoms with Gasteiger partial charge in [-0.2, -0.15) is 0 Å². The van der Waals surface area contributed by atoms with Crippen LogP contribution < -0.4 is 0 Å². The topological polar surface area (TPSA) is 20.3 Å². The maximum absolute atomic E-state index is 12.8. The summed E-state index contributed by atoms with van der Waals surface area (Å²) in [5.74, 6) is -0.614. The Morgan fingerprint density at radius 3 is 2.75 bits per heavy atom. The summed E-state index contributed by atoms with van der Waals surface area (Å²) in [7, 11) is 0. The number of hydrogen-bond donors (Lipinski definition) is 0. The summed E-state index contributed by atoms with van der Waals surface area (Å²) < 4.78 is 12.8. The summed E-state index contributed by atoms with van der Waals surface area (Å²) in [6.45, 7) is 3.08. The molecule has 1 aromatic rings. The minimum Gasteiger partial charge on any atom is -0.338 e. The lowest BCUT2D eigenvalue weighted by molar-refractivity contribution is 0.0775. The van der Waals surface area contributed by atoms with E-state index in [1.165, 1.54) is 12.1 Å². The lowest BCUT2D eigenvalue weighted by Crippen LogP contribution is -2.32. The van der Waals surface area contributed by atoms with Crippen molar-refractivity contribution < 1.29 is 9.18 Å². The van der Waals surface area contributed by atoms with E-state index in [4.69, 9.17) is 11.6 Å². The van der Waals surface area contributed by atoms with Gasteiger partial charge in [0, 0.05) is 18.4 Å². The summed E-state index contributed by atoms with van der Waals surface area (Å²) in [5.41, 5.74) is 0.339. The molecule has 1 amide bonds. The molecule has 0 unspecified atom stereocenters. The van der Waals surface area contributed by atoms with E-state index in [1.54, 1.807) is 4.90 Å². The fraction of sp³-hybridized carbons (Fsp3) is 0.364. The van der Waals surface area contributed by atoms with Crippen LogP contribution in [0.4, 0.5) is 4.39 Å². The van der Waals surface area contributed by atoms with Crippen LogP contribution in [0.2, 0.25) is 5.02 Å². The molecule has 1 rings (SSSR count). The van der Waals surface area contributed by atoms with Gasteiger partial charge in [0.1, 0.15) is 5.82 Å². The predicted octanol–water partition coefficient (Wildman–Crippen LogP) is 3.34. The molecule has 5 heteroatoms. The standard InChI is InChI=1S/C11H12BrClFNO/c1-2-15(6-5-12)11(16)9-4-3-8(14)7-10(9)13/h3-4,7H,2,5-6H2,1H3. The first-order valence-corrected chi connectivity index (χ1v) is 6.40. The minimum atomic E-state index is -0.440. The molecule has 0 bridgehead atoms. The van der Waals surface area contributed by atoms with E-state index >= 15 is 0 Å². The Balaban J connectivity index is 2.94. The molecule has 0 aromatic heterocycles. The van der Waals surface area contributed by atoms with Crippen LogP contribution >= 0.6 is 27.5 Å². The van der Waals surface area contributed by atoms with Crippen molar-refractivity contribution >= 4 is 33.4 Å². The Morgan fingerprint density at radius 2 is 2.25 bits per heavy atom. The number of nitrogens with zero attached hydrogens (tertiary/aromatic N) is 1. The fourth-order valence-corrected chi connectivity index (χ4v) is 2.01. The van der Waals surface area contributed by atoms with E-state index in [1.807, 2.05) is 6.92 Å². The molecule has 0 saturated heterocycles. The molecule has 16 heavy (non-hydrogen) atoms. The molecule has 0 aliphatic rings. The lowest BCUT2D eigenvalue weighted by Gasteiger charge is -2.20. The van der Waals surface area contributed by atoms with Crippen molar-refractivity contribution in [3.63, 3.8) is 0 Å². The Morgan fingerprint density at radius 1 is 1.56 bits per heavy atom. The summed E-state index contributed by atoms with van der Waals surface area (Å²) in [6, 6.07) is 3.80. The second-order valence-electron chi connectivity index (χ2n) is 3.20. The molecule has 0 aliphatic carbocycles. The average molecular weight is 309 g/mol. The van der Waals surface area contributed by atoms with Crippen LogP contribution in [-0.4, -0.2) is 29.2 Å². The fourth-order valence-electron chi connectivity index (χ4n) is 1.34. The summed E-state index contributed by atoms with van der Waals surface area (Å²) in [6.07, 6.45) is 0. The molecule has 0 atom stereocenters. The van der Waals surface area contributed by atoms with Gasteiger partial charge in [-0.3, -0.25) is 4.79 Å². The van der Waals surface area contributed by atoms with E-state index < -0.39 is 5.82 Å². The summed E-state index contributed by atoms with van der Waals surface area (Å²) in [5, 5.41) is 0.851. The highest BCUT2D eigenvalue weighted by atomic mass is 79.9. The lowest BCUT2D eigenvalue weighted by atomic mass is 10.2. The number of carbonyl (C=O) groups excluding carboxylic acids is 1. The van der Waals surface area contributed by atoms with Crippen molar-refractivity contribution in [1.29, 1.82) is 0 Å². The van der Waals surface area contributed by atoms with E-state index in [9.17, 15) is 9.18 Å². The average Bonchev–Trinajstić information content (AvgIpc) is 2.25. The van der Waals surface area contributed by atoms with Gasteiger partial charge in [-0.15, -0.1) is 0 Å². The van der Waals surface area contributed by atoms with Gasteiger partial charge in [-0.25, -0.2) is 4.39 Å². The number of amides is 1. The van der Waals surface area contributed by atoms with Gasteiger partial charge < -0.3 is 4.90 Å². The number of rotatable bonds is 4. The monoisotopic (exact) mass is 307 g/mol. The molecule has 88 valence electrons. The molecule has 2 nitrogen and oxygen atoms in total. The Labute approximate surface area is 108 Å². The van der Waals surface area contributed by atoms with Gasteiger partial charge in [0.2, 0.25) is 0 Å². The highest BCUT2D eigenvalue weighted by molar-refractivity contribution is 9.09. The zero-order valence-corrected chi connectivity index (χ0v) is 11.2. The minimum absolute atomic E-state index is 0.151. The third-order valence-corrected chi connectivity index (χ3v) is 2.85. The molecular weight excluding hydrogens is 296 g/mol. The van der Waals surface area contributed by atoms with Crippen LogP contribution in [0.5, 0.6) is 0 Å². The molecule has 0 fully saturated rings. The van der Waals surface area contributed by atoms with Crippen LogP contribution in [-0.2, 0) is 0 Å². The predicted molar refractivity (Wildman–Crippen MR) is 66.8 cm³/mol. The third kappa shape index (κ3) is 3.19. The van der Waals surface area contributed by atoms with Gasteiger partial charge in [-0.05, 0) is 25.1 Å². The normalized spacial score (nSPS) is 10.2. The van der Waals surface area contributed by atoms with Crippen LogP contribution in [0.15, 0.2) is 18.2 Å². The van der Waals surface area contributed by atoms with E-state index in [0.717, 1.165) is 6.07 Å². The largest absolute Gasteiger partial charge is 0.338 e. The summed E-state index contributed by atoms with van der Waals surface area (Å²) >= 11 is 9.10. The molecule has 0 saturated carbocycles. The number of alkyl halides is 1. The smallest absolute Gasteiger partial charge is 0.255 e. The second-order valence-corrected chi connectivity index (χ2v) is 4.40. The summed E-state index contributed by atoms with van der Waals surface area (Å²) in [4.78, 5) is 13.6. The highest BCUT2D eigenvalue weighted by Gasteiger charge is 2.16. The molecule has 0 heterocycles. The van der Waals surface area contributed by atoms with Gasteiger partial charge >= 0.3 is 0 Å². The number of hydrogen-bond acceptors (Lipinski definition) is 1. The second kappa shape index (κ2) is 6.21. The Bertz CT molecular complexity index is 386. The molecule has 0 radical (unpaired) electrons. The Kier molecular flexibility index (Phi) is 5.22. The first-order valence-electron chi connectivity index (χ1n) is 4.90. The van der Waals surface area contributed by atoms with Crippen LogP contribution in [0.1, 0.15) is 17.3 Å². The first kappa shape index (κ1) is 13.5. The number of benzene rings is 1. The van der Waals surface area contributed by atoms with Crippen molar-refractivity contribution in [2.45, 2.75) is 6.92 Å². The van der Waals surface area contributed by atoms with Gasteiger partial charge in [-0.1, -0.05) is 27.5 Å². The van der Waals surface area contributed by atoms with Crippen LogP contribution in [0.3, 0.4) is 0 Å². The van der Waals surface area contributed by atoms with E-state index in [-0.39, 0.29) is 10.9 Å². The van der Waals surface area contributed by atoms with Gasteiger partial charge in [0.05, 0.1) is 10.6 Å². The van der Waals surface area contributed by atoms with E-state index in [2.05, 4.69) is 15.9 Å².